The monoisotopic (exact) mass is 294 g/mol. The van der Waals surface area contributed by atoms with Crippen molar-refractivity contribution >= 4 is 16.9 Å². The van der Waals surface area contributed by atoms with Crippen LogP contribution in [-0.4, -0.2) is 21.0 Å². The van der Waals surface area contributed by atoms with Gasteiger partial charge in [-0.1, -0.05) is 29.8 Å². The number of aryl methyl sites for hydroxylation is 1. The first-order valence-electron chi connectivity index (χ1n) is 6.85. The second-order valence-corrected chi connectivity index (χ2v) is 5.22. The van der Waals surface area contributed by atoms with Gasteiger partial charge in [0.2, 0.25) is 0 Å². The lowest BCUT2D eigenvalue weighted by Gasteiger charge is -2.05. The van der Waals surface area contributed by atoms with Crippen molar-refractivity contribution in [2.24, 2.45) is 0 Å². The van der Waals surface area contributed by atoms with Crippen LogP contribution >= 0.6 is 0 Å². The van der Waals surface area contributed by atoms with Crippen molar-refractivity contribution in [2.75, 3.05) is 0 Å². The quantitative estimate of drug-likeness (QED) is 0.777. The summed E-state index contributed by atoms with van der Waals surface area (Å²) < 4.78 is 0. The maximum atomic E-state index is 12.1. The van der Waals surface area contributed by atoms with Gasteiger partial charge in [-0.05, 0) is 30.7 Å². The van der Waals surface area contributed by atoms with Crippen LogP contribution in [-0.2, 0) is 6.42 Å². The third kappa shape index (κ3) is 2.74. The average molecular weight is 294 g/mol. The van der Waals surface area contributed by atoms with E-state index in [1.54, 1.807) is 0 Å². The fourth-order valence-corrected chi connectivity index (χ4v) is 2.42. The second kappa shape index (κ2) is 5.44. The number of hydrogen-bond acceptors (Lipinski definition) is 3. The van der Waals surface area contributed by atoms with E-state index in [1.165, 1.54) is 18.2 Å². The Morgan fingerprint density at radius 2 is 2.05 bits per heavy atom. The highest BCUT2D eigenvalue weighted by Gasteiger charge is 2.09. The van der Waals surface area contributed by atoms with Gasteiger partial charge in [0.25, 0.3) is 5.56 Å². The predicted octanol–water partition coefficient (Wildman–Crippen LogP) is 2.52. The largest absolute Gasteiger partial charge is 0.478 e. The van der Waals surface area contributed by atoms with Crippen LogP contribution in [0.15, 0.2) is 47.3 Å². The topological polar surface area (TPSA) is 83.0 Å². The molecule has 0 atom stereocenters. The van der Waals surface area contributed by atoms with Crippen LogP contribution < -0.4 is 5.56 Å². The number of rotatable bonds is 3. The maximum absolute atomic E-state index is 12.1. The van der Waals surface area contributed by atoms with Crippen molar-refractivity contribution in [2.45, 2.75) is 13.3 Å². The standard InChI is InChI=1S/C17H14N2O3/c1-10-3-2-4-11(7-10)8-15-18-14-9-12(17(21)22)5-6-13(14)16(20)19-15/h2-7,9H,8H2,1H3,(H,21,22)(H,18,19,20). The molecule has 5 heteroatoms. The van der Waals surface area contributed by atoms with Gasteiger partial charge in [-0.2, -0.15) is 0 Å². The van der Waals surface area contributed by atoms with E-state index in [1.807, 2.05) is 31.2 Å². The summed E-state index contributed by atoms with van der Waals surface area (Å²) in [6, 6.07) is 12.3. The molecule has 0 unspecified atom stereocenters. The first-order valence-corrected chi connectivity index (χ1v) is 6.85. The van der Waals surface area contributed by atoms with Gasteiger partial charge in [-0.3, -0.25) is 4.79 Å². The molecule has 0 spiro atoms. The van der Waals surface area contributed by atoms with Crippen molar-refractivity contribution in [1.82, 2.24) is 9.97 Å². The van der Waals surface area contributed by atoms with Gasteiger partial charge in [-0.15, -0.1) is 0 Å². The van der Waals surface area contributed by atoms with Crippen molar-refractivity contribution in [1.29, 1.82) is 0 Å². The van der Waals surface area contributed by atoms with Crippen LogP contribution in [0.1, 0.15) is 27.3 Å². The number of carboxylic acids is 1. The summed E-state index contributed by atoms with van der Waals surface area (Å²) in [5.41, 5.74) is 2.42. The van der Waals surface area contributed by atoms with E-state index in [-0.39, 0.29) is 11.1 Å². The molecule has 2 N–H and O–H groups in total. The third-order valence-electron chi connectivity index (χ3n) is 3.46. The maximum Gasteiger partial charge on any atom is 0.335 e. The summed E-state index contributed by atoms with van der Waals surface area (Å²) in [5.74, 6) is -0.519. The Labute approximate surface area is 126 Å². The van der Waals surface area contributed by atoms with E-state index in [2.05, 4.69) is 9.97 Å². The lowest BCUT2D eigenvalue weighted by atomic mass is 10.1. The summed E-state index contributed by atoms with van der Waals surface area (Å²) in [6.07, 6.45) is 0.490. The van der Waals surface area contributed by atoms with Crippen molar-refractivity contribution < 1.29 is 9.90 Å². The van der Waals surface area contributed by atoms with Crippen LogP contribution in [0.5, 0.6) is 0 Å². The molecule has 1 aromatic heterocycles. The molecule has 0 saturated carbocycles. The Balaban J connectivity index is 2.07. The van der Waals surface area contributed by atoms with Gasteiger partial charge in [-0.25, -0.2) is 9.78 Å². The molecule has 0 fully saturated rings. The van der Waals surface area contributed by atoms with Crippen LogP contribution in [0.25, 0.3) is 10.9 Å². The lowest BCUT2D eigenvalue weighted by molar-refractivity contribution is 0.0697. The predicted molar refractivity (Wildman–Crippen MR) is 83.3 cm³/mol. The Kier molecular flexibility index (Phi) is 3.47. The fourth-order valence-electron chi connectivity index (χ4n) is 2.42. The van der Waals surface area contributed by atoms with E-state index < -0.39 is 5.97 Å². The molecule has 0 saturated heterocycles. The minimum absolute atomic E-state index is 0.118. The molecule has 2 aromatic carbocycles. The molecule has 0 bridgehead atoms. The molecule has 22 heavy (non-hydrogen) atoms. The molecular formula is C17H14N2O3. The Hall–Kier alpha value is -2.95. The zero-order valence-corrected chi connectivity index (χ0v) is 12.0. The molecule has 110 valence electrons. The van der Waals surface area contributed by atoms with E-state index >= 15 is 0 Å². The van der Waals surface area contributed by atoms with Gasteiger partial charge in [0.15, 0.2) is 0 Å². The van der Waals surface area contributed by atoms with Crippen LogP contribution in [0, 0.1) is 6.92 Å². The number of fused-ring (bicyclic) bond motifs is 1. The van der Waals surface area contributed by atoms with Gasteiger partial charge in [0.1, 0.15) is 5.82 Å². The van der Waals surface area contributed by atoms with Crippen molar-refractivity contribution in [3.63, 3.8) is 0 Å². The molecule has 0 aliphatic heterocycles. The van der Waals surface area contributed by atoms with Gasteiger partial charge in [0.05, 0.1) is 16.5 Å². The summed E-state index contributed by atoms with van der Waals surface area (Å²) in [7, 11) is 0. The van der Waals surface area contributed by atoms with Crippen molar-refractivity contribution in [3.8, 4) is 0 Å². The lowest BCUT2D eigenvalue weighted by Crippen LogP contribution is -2.13. The van der Waals surface area contributed by atoms with Crippen molar-refractivity contribution in [3.05, 3.63) is 75.3 Å². The SMILES string of the molecule is Cc1cccc(Cc2nc3cc(C(=O)O)ccc3c(=O)[nH]2)c1. The van der Waals surface area contributed by atoms with Gasteiger partial charge >= 0.3 is 5.97 Å². The molecule has 5 nitrogen and oxygen atoms in total. The van der Waals surface area contributed by atoms with Crippen LogP contribution in [0.4, 0.5) is 0 Å². The molecule has 1 heterocycles. The zero-order chi connectivity index (χ0) is 15.7. The van der Waals surface area contributed by atoms with Gasteiger partial charge < -0.3 is 10.1 Å². The highest BCUT2D eigenvalue weighted by atomic mass is 16.4. The Morgan fingerprint density at radius 3 is 2.77 bits per heavy atom. The smallest absolute Gasteiger partial charge is 0.335 e. The number of nitrogens with one attached hydrogen (secondary N) is 1. The summed E-state index contributed by atoms with van der Waals surface area (Å²) >= 11 is 0. The Morgan fingerprint density at radius 1 is 1.23 bits per heavy atom. The number of carboxylic acid groups (broad SMARTS) is 1. The van der Waals surface area contributed by atoms with E-state index in [9.17, 15) is 9.59 Å². The summed E-state index contributed by atoms with van der Waals surface area (Å²) in [6.45, 7) is 2.00. The average Bonchev–Trinajstić information content (AvgIpc) is 2.46. The minimum Gasteiger partial charge on any atom is -0.478 e. The van der Waals surface area contributed by atoms with E-state index in [0.29, 0.717) is 23.1 Å². The van der Waals surface area contributed by atoms with E-state index in [4.69, 9.17) is 5.11 Å². The minimum atomic E-state index is -1.04. The number of aromatic carboxylic acids is 1. The van der Waals surface area contributed by atoms with Gasteiger partial charge in [0, 0.05) is 6.42 Å². The highest BCUT2D eigenvalue weighted by molar-refractivity contribution is 5.92. The number of nitrogens with zero attached hydrogens (tertiary/aromatic N) is 1. The summed E-state index contributed by atoms with van der Waals surface area (Å²) in [5, 5.41) is 9.42. The molecule has 0 amide bonds. The zero-order valence-electron chi connectivity index (χ0n) is 12.0. The third-order valence-corrected chi connectivity index (χ3v) is 3.46. The number of benzene rings is 2. The molecule has 0 radical (unpaired) electrons. The molecule has 0 aliphatic carbocycles. The molecule has 0 aliphatic rings. The number of aromatic amines is 1. The normalized spacial score (nSPS) is 10.8. The van der Waals surface area contributed by atoms with Crippen LogP contribution in [0.3, 0.4) is 0 Å². The number of hydrogen-bond donors (Lipinski definition) is 2. The Bertz CT molecular complexity index is 929. The molecule has 3 rings (SSSR count). The highest BCUT2D eigenvalue weighted by Crippen LogP contribution is 2.13. The van der Waals surface area contributed by atoms with Crippen LogP contribution in [0.2, 0.25) is 0 Å². The molecular weight excluding hydrogens is 280 g/mol. The number of carbonyl (C=O) groups is 1. The first-order chi connectivity index (χ1) is 10.5. The molecule has 3 aromatic rings. The van der Waals surface area contributed by atoms with E-state index in [0.717, 1.165) is 11.1 Å². The summed E-state index contributed by atoms with van der Waals surface area (Å²) in [4.78, 5) is 30.3. The number of H-pyrrole nitrogens is 1. The second-order valence-electron chi connectivity index (χ2n) is 5.22. The number of aromatic nitrogens is 2. The first kappa shape index (κ1) is 14.0. The fraction of sp³-hybridized carbons (Fsp3) is 0.118.